The summed E-state index contributed by atoms with van der Waals surface area (Å²) in [6.45, 7) is 0. The zero-order chi connectivity index (χ0) is 25.1. The average molecular weight is 509 g/mol. The number of amidine groups is 1. The van der Waals surface area contributed by atoms with Gasteiger partial charge in [-0.15, -0.1) is 11.8 Å². The molecule has 182 valence electrons. The maximum absolute atomic E-state index is 5.23. The van der Waals surface area contributed by atoms with Gasteiger partial charge in [0.25, 0.3) is 0 Å². The van der Waals surface area contributed by atoms with E-state index in [1.165, 1.54) is 26.7 Å². The quantitative estimate of drug-likeness (QED) is 0.269. The van der Waals surface area contributed by atoms with Crippen LogP contribution in [0.3, 0.4) is 0 Å². The molecule has 0 radical (unpaired) electrons. The Morgan fingerprint density at radius 1 is 0.711 bits per heavy atom. The van der Waals surface area contributed by atoms with E-state index in [4.69, 9.17) is 9.98 Å². The van der Waals surface area contributed by atoms with E-state index in [0.717, 1.165) is 28.4 Å². The van der Waals surface area contributed by atoms with E-state index in [1.54, 1.807) is 0 Å². The first-order valence-electron chi connectivity index (χ1n) is 13.0. The fraction of sp³-hybridized carbons (Fsp3) is 0.0909. The third kappa shape index (κ3) is 3.32. The van der Waals surface area contributed by atoms with Crippen LogP contribution in [0.4, 0.5) is 0 Å². The summed E-state index contributed by atoms with van der Waals surface area (Å²) in [5.41, 5.74) is 5.87. The number of aromatic nitrogens is 1. The Morgan fingerprint density at radius 2 is 1.47 bits per heavy atom. The van der Waals surface area contributed by atoms with E-state index in [-0.39, 0.29) is 6.17 Å². The van der Waals surface area contributed by atoms with Crippen LogP contribution in [0.5, 0.6) is 0 Å². The van der Waals surface area contributed by atoms with E-state index in [2.05, 4.69) is 119 Å². The molecule has 1 aliphatic carbocycles. The summed E-state index contributed by atoms with van der Waals surface area (Å²) in [4.78, 5) is 11.6. The summed E-state index contributed by atoms with van der Waals surface area (Å²) >= 11 is 1.97. The van der Waals surface area contributed by atoms with Crippen molar-refractivity contribution < 1.29 is 0 Å². The first-order valence-corrected chi connectivity index (χ1v) is 13.8. The molecule has 1 N–H and O–H groups in total. The molecule has 3 unspecified atom stereocenters. The number of benzene rings is 4. The molecule has 3 atom stereocenters. The van der Waals surface area contributed by atoms with Crippen LogP contribution in [0.1, 0.15) is 28.8 Å². The fourth-order valence-corrected chi connectivity index (χ4v) is 7.31. The van der Waals surface area contributed by atoms with Crippen molar-refractivity contribution in [3.63, 3.8) is 0 Å². The number of hydrogen-bond donors (Lipinski definition) is 1. The number of nitrogens with zero attached hydrogens (tertiary/aromatic N) is 3. The lowest BCUT2D eigenvalue weighted by Crippen LogP contribution is -2.39. The van der Waals surface area contributed by atoms with E-state index >= 15 is 0 Å². The van der Waals surface area contributed by atoms with E-state index < -0.39 is 0 Å². The molecule has 0 amide bonds. The van der Waals surface area contributed by atoms with Crippen molar-refractivity contribution in [3.8, 4) is 0 Å². The van der Waals surface area contributed by atoms with Crippen LogP contribution in [0.25, 0.3) is 21.8 Å². The lowest BCUT2D eigenvalue weighted by atomic mass is 9.92. The van der Waals surface area contributed by atoms with Crippen molar-refractivity contribution in [3.05, 3.63) is 138 Å². The van der Waals surface area contributed by atoms with Gasteiger partial charge in [0.05, 0.1) is 11.0 Å². The summed E-state index contributed by atoms with van der Waals surface area (Å²) in [6, 6.07) is 34.0. The SMILES string of the molecule is C1=CC2Sc3c(ccc4c5ccccc5n(C5=NC(c6ccccc6)N=C(c6ccccc6)N5)c34)C2C=C1. The fourth-order valence-electron chi connectivity index (χ4n) is 5.83. The highest BCUT2D eigenvalue weighted by molar-refractivity contribution is 8.00. The molecule has 3 heterocycles. The molecule has 5 heteroatoms. The Morgan fingerprint density at radius 3 is 2.34 bits per heavy atom. The van der Waals surface area contributed by atoms with Crippen molar-refractivity contribution in [1.29, 1.82) is 0 Å². The largest absolute Gasteiger partial charge is 0.310 e. The van der Waals surface area contributed by atoms with E-state index in [9.17, 15) is 0 Å². The molecule has 0 bridgehead atoms. The molecule has 4 aromatic carbocycles. The van der Waals surface area contributed by atoms with Gasteiger partial charge < -0.3 is 5.32 Å². The van der Waals surface area contributed by atoms with E-state index in [1.807, 2.05) is 23.9 Å². The minimum Gasteiger partial charge on any atom is -0.310 e. The third-order valence-electron chi connectivity index (χ3n) is 7.60. The molecule has 0 saturated carbocycles. The van der Waals surface area contributed by atoms with Gasteiger partial charge in [0.1, 0.15) is 5.84 Å². The number of fused-ring (bicyclic) bond motifs is 7. The smallest absolute Gasteiger partial charge is 0.211 e. The highest BCUT2D eigenvalue weighted by Gasteiger charge is 2.34. The van der Waals surface area contributed by atoms with Crippen molar-refractivity contribution in [2.75, 3.05) is 0 Å². The molecule has 0 spiro atoms. The van der Waals surface area contributed by atoms with Gasteiger partial charge in [-0.2, -0.15) is 0 Å². The van der Waals surface area contributed by atoms with Crippen LogP contribution in [0.2, 0.25) is 0 Å². The number of para-hydroxylation sites is 1. The molecule has 38 heavy (non-hydrogen) atoms. The average Bonchev–Trinajstić information content (AvgIpc) is 3.54. The second-order valence-corrected chi connectivity index (χ2v) is 11.0. The molecular weight excluding hydrogens is 484 g/mol. The van der Waals surface area contributed by atoms with Gasteiger partial charge in [0.15, 0.2) is 6.17 Å². The van der Waals surface area contributed by atoms with Gasteiger partial charge in [-0.25, -0.2) is 9.98 Å². The second kappa shape index (κ2) is 8.61. The van der Waals surface area contributed by atoms with Crippen molar-refractivity contribution in [1.82, 2.24) is 9.88 Å². The lowest BCUT2D eigenvalue weighted by Gasteiger charge is -2.24. The van der Waals surface area contributed by atoms with Crippen molar-refractivity contribution in [2.24, 2.45) is 9.98 Å². The summed E-state index contributed by atoms with van der Waals surface area (Å²) in [5, 5.41) is 6.54. The maximum Gasteiger partial charge on any atom is 0.211 e. The van der Waals surface area contributed by atoms with Crippen LogP contribution < -0.4 is 5.32 Å². The summed E-state index contributed by atoms with van der Waals surface area (Å²) in [7, 11) is 0. The third-order valence-corrected chi connectivity index (χ3v) is 8.99. The number of hydrogen-bond acceptors (Lipinski definition) is 4. The number of nitrogens with one attached hydrogen (secondary N) is 1. The first-order chi connectivity index (χ1) is 18.8. The van der Waals surface area contributed by atoms with Crippen molar-refractivity contribution >= 4 is 45.4 Å². The van der Waals surface area contributed by atoms with Gasteiger partial charge in [-0.1, -0.05) is 115 Å². The topological polar surface area (TPSA) is 41.7 Å². The Hall–Kier alpha value is -4.35. The molecule has 1 aromatic heterocycles. The molecule has 3 aliphatic rings. The number of thioether (sulfide) groups is 1. The highest BCUT2D eigenvalue weighted by Crippen LogP contribution is 2.52. The first kappa shape index (κ1) is 21.7. The Labute approximate surface area is 225 Å². The highest BCUT2D eigenvalue weighted by atomic mass is 32.2. The summed E-state index contributed by atoms with van der Waals surface area (Å²) in [6.07, 6.45) is 8.68. The Balaban J connectivity index is 1.39. The van der Waals surface area contributed by atoms with Crippen LogP contribution in [0, 0.1) is 0 Å². The maximum atomic E-state index is 5.23. The standard InChI is InChI=1S/C33H24N4S/c1-3-11-21(12-4-1)31-34-32(22-13-5-2-6-14-22)36-33(35-31)37-27-17-9-7-15-23(27)25-19-20-26-24-16-8-10-18-28(24)38-30(26)29(25)37/h1-20,24,28,31H,(H,34,35,36). The molecule has 0 saturated heterocycles. The van der Waals surface area contributed by atoms with Gasteiger partial charge in [0.2, 0.25) is 5.96 Å². The molecule has 8 rings (SSSR count). The predicted octanol–water partition coefficient (Wildman–Crippen LogP) is 7.43. The molecule has 0 fully saturated rings. The molecule has 5 aromatic rings. The summed E-state index contributed by atoms with van der Waals surface area (Å²) < 4.78 is 2.33. The lowest BCUT2D eigenvalue weighted by molar-refractivity contribution is 0.745. The van der Waals surface area contributed by atoms with Gasteiger partial charge in [0, 0.05) is 32.4 Å². The van der Waals surface area contributed by atoms with Gasteiger partial charge in [-0.3, -0.25) is 4.57 Å². The zero-order valence-electron chi connectivity index (χ0n) is 20.5. The molecule has 2 aliphatic heterocycles. The molecular formula is C33H24N4S. The van der Waals surface area contributed by atoms with Crippen LogP contribution in [-0.2, 0) is 0 Å². The minimum atomic E-state index is -0.336. The number of allylic oxidation sites excluding steroid dienone is 3. The Bertz CT molecular complexity index is 1830. The van der Waals surface area contributed by atoms with Gasteiger partial charge in [-0.05, 0) is 17.2 Å². The van der Waals surface area contributed by atoms with Crippen LogP contribution in [0.15, 0.2) is 136 Å². The van der Waals surface area contributed by atoms with Crippen LogP contribution >= 0.6 is 11.8 Å². The van der Waals surface area contributed by atoms with E-state index in [0.29, 0.717) is 11.2 Å². The Kier molecular flexibility index (Phi) is 4.92. The number of rotatable bonds is 2. The second-order valence-electron chi connectivity index (χ2n) is 9.82. The number of aliphatic imine (C=N–C) groups is 2. The normalized spacial score (nSPS) is 21.6. The monoisotopic (exact) mass is 508 g/mol. The molecule has 4 nitrogen and oxygen atoms in total. The minimum absolute atomic E-state index is 0.336. The zero-order valence-corrected chi connectivity index (χ0v) is 21.3. The summed E-state index contributed by atoms with van der Waals surface area (Å²) in [5.74, 6) is 2.03. The van der Waals surface area contributed by atoms with Gasteiger partial charge >= 0.3 is 0 Å². The predicted molar refractivity (Wildman–Crippen MR) is 158 cm³/mol. The van der Waals surface area contributed by atoms with Crippen molar-refractivity contribution in [2.45, 2.75) is 22.2 Å². The van der Waals surface area contributed by atoms with Crippen LogP contribution in [-0.4, -0.2) is 21.6 Å².